The molecule has 3 heteroatoms. The van der Waals surface area contributed by atoms with Gasteiger partial charge in [0.15, 0.2) is 5.65 Å². The van der Waals surface area contributed by atoms with Crippen molar-refractivity contribution in [2.75, 3.05) is 0 Å². The van der Waals surface area contributed by atoms with Crippen LogP contribution in [0.5, 0.6) is 0 Å². The van der Waals surface area contributed by atoms with E-state index >= 15 is 0 Å². The molecule has 0 aliphatic carbocycles. The summed E-state index contributed by atoms with van der Waals surface area (Å²) in [5, 5.41) is 4.31. The van der Waals surface area contributed by atoms with Gasteiger partial charge in [-0.15, -0.1) is 0 Å². The van der Waals surface area contributed by atoms with E-state index < -0.39 is 0 Å². The van der Waals surface area contributed by atoms with Crippen molar-refractivity contribution in [3.63, 3.8) is 0 Å². The lowest BCUT2D eigenvalue weighted by atomic mass is 10.3. The van der Waals surface area contributed by atoms with Gasteiger partial charge >= 0.3 is 0 Å². The first-order chi connectivity index (χ1) is 5.68. The van der Waals surface area contributed by atoms with Crippen molar-refractivity contribution < 1.29 is 0 Å². The predicted octanol–water partition coefficient (Wildman–Crippen LogP) is 1.65. The van der Waals surface area contributed by atoms with Crippen LogP contribution in [0.4, 0.5) is 0 Å². The van der Waals surface area contributed by atoms with Crippen LogP contribution in [0, 0.1) is 20.8 Å². The smallest absolute Gasteiger partial charge is 0.158 e. The van der Waals surface area contributed by atoms with Gasteiger partial charge in [0.05, 0.1) is 5.69 Å². The van der Waals surface area contributed by atoms with E-state index in [-0.39, 0.29) is 0 Å². The molecular formula is C9H11N3. The molecule has 0 amide bonds. The predicted molar refractivity (Wildman–Crippen MR) is 47.2 cm³/mol. The van der Waals surface area contributed by atoms with Gasteiger partial charge in [-0.1, -0.05) is 0 Å². The number of fused-ring (bicyclic) bond motifs is 1. The third kappa shape index (κ3) is 0.897. The Morgan fingerprint density at radius 3 is 2.75 bits per heavy atom. The van der Waals surface area contributed by atoms with Crippen molar-refractivity contribution in [2.45, 2.75) is 20.8 Å². The molecule has 0 N–H and O–H groups in total. The summed E-state index contributed by atoms with van der Waals surface area (Å²) in [6.45, 7) is 6.03. The summed E-state index contributed by atoms with van der Waals surface area (Å²) in [6.07, 6.45) is 1.94. The Bertz CT molecular complexity index is 429. The van der Waals surface area contributed by atoms with Gasteiger partial charge in [0.2, 0.25) is 0 Å². The number of aryl methyl sites for hydroxylation is 3. The minimum absolute atomic E-state index is 0.965. The molecule has 0 aliphatic rings. The Hall–Kier alpha value is -1.38. The maximum absolute atomic E-state index is 4.40. The monoisotopic (exact) mass is 161 g/mol. The van der Waals surface area contributed by atoms with Crippen LogP contribution >= 0.6 is 0 Å². The van der Waals surface area contributed by atoms with Gasteiger partial charge in [0.25, 0.3) is 0 Å². The van der Waals surface area contributed by atoms with Gasteiger partial charge in [-0.2, -0.15) is 5.10 Å². The van der Waals surface area contributed by atoms with Crippen LogP contribution < -0.4 is 0 Å². The van der Waals surface area contributed by atoms with Gasteiger partial charge in [-0.05, 0) is 26.8 Å². The first-order valence-corrected chi connectivity index (χ1v) is 3.97. The first kappa shape index (κ1) is 7.28. The zero-order valence-corrected chi connectivity index (χ0v) is 7.50. The molecule has 0 aliphatic heterocycles. The Morgan fingerprint density at radius 1 is 1.25 bits per heavy atom. The minimum Gasteiger partial charge on any atom is -0.234 e. The molecule has 2 aromatic rings. The quantitative estimate of drug-likeness (QED) is 0.588. The van der Waals surface area contributed by atoms with Crippen molar-refractivity contribution in [1.82, 2.24) is 14.6 Å². The Labute approximate surface area is 71.1 Å². The van der Waals surface area contributed by atoms with Crippen LogP contribution in [0.25, 0.3) is 5.65 Å². The van der Waals surface area contributed by atoms with E-state index in [1.54, 1.807) is 0 Å². The van der Waals surface area contributed by atoms with Crippen LogP contribution in [0.2, 0.25) is 0 Å². The molecule has 62 valence electrons. The molecule has 2 heterocycles. The highest BCUT2D eigenvalue weighted by atomic mass is 15.2. The highest BCUT2D eigenvalue weighted by Crippen LogP contribution is 2.11. The van der Waals surface area contributed by atoms with E-state index in [2.05, 4.69) is 10.1 Å². The lowest BCUT2D eigenvalue weighted by Gasteiger charge is -1.93. The van der Waals surface area contributed by atoms with Gasteiger partial charge in [-0.3, -0.25) is 0 Å². The summed E-state index contributed by atoms with van der Waals surface area (Å²) >= 11 is 0. The molecule has 0 saturated heterocycles. The average Bonchev–Trinajstić information content (AvgIpc) is 2.31. The molecule has 0 spiro atoms. The summed E-state index contributed by atoms with van der Waals surface area (Å²) in [5.74, 6) is 0. The molecule has 0 bridgehead atoms. The molecule has 2 rings (SSSR count). The summed E-state index contributed by atoms with van der Waals surface area (Å²) in [6, 6.07) is 1.96. The minimum atomic E-state index is 0.965. The molecule has 0 radical (unpaired) electrons. The zero-order valence-electron chi connectivity index (χ0n) is 7.50. The molecule has 2 aromatic heterocycles. The average molecular weight is 161 g/mol. The SMILES string of the molecule is Cc1ccn2nc(C)c(C)c2n1. The van der Waals surface area contributed by atoms with E-state index in [1.165, 1.54) is 5.56 Å². The van der Waals surface area contributed by atoms with Crippen LogP contribution in [0.15, 0.2) is 12.3 Å². The van der Waals surface area contributed by atoms with Crippen molar-refractivity contribution in [3.8, 4) is 0 Å². The lowest BCUT2D eigenvalue weighted by molar-refractivity contribution is 0.909. The molecule has 0 saturated carbocycles. The third-order valence-electron chi connectivity index (χ3n) is 2.09. The Balaban J connectivity index is 2.88. The van der Waals surface area contributed by atoms with Crippen LogP contribution in [-0.2, 0) is 0 Å². The lowest BCUT2D eigenvalue weighted by Crippen LogP contribution is -1.90. The second-order valence-electron chi connectivity index (χ2n) is 3.05. The molecular weight excluding hydrogens is 150 g/mol. The molecule has 12 heavy (non-hydrogen) atoms. The normalized spacial score (nSPS) is 10.9. The molecule has 0 unspecified atom stereocenters. The summed E-state index contributed by atoms with van der Waals surface area (Å²) in [7, 11) is 0. The third-order valence-corrected chi connectivity index (χ3v) is 2.09. The number of hydrogen-bond acceptors (Lipinski definition) is 2. The Kier molecular flexibility index (Phi) is 1.40. The van der Waals surface area contributed by atoms with Crippen LogP contribution in [0.3, 0.4) is 0 Å². The van der Waals surface area contributed by atoms with Gasteiger partial charge in [0.1, 0.15) is 0 Å². The molecule has 0 fully saturated rings. The molecule has 0 atom stereocenters. The second kappa shape index (κ2) is 2.30. The zero-order chi connectivity index (χ0) is 8.72. The standard InChI is InChI=1S/C9H11N3/c1-6-4-5-12-9(10-6)7(2)8(3)11-12/h4-5H,1-3H3. The van der Waals surface area contributed by atoms with E-state index in [4.69, 9.17) is 0 Å². The maximum atomic E-state index is 4.40. The van der Waals surface area contributed by atoms with E-state index in [1.807, 2.05) is 37.5 Å². The molecule has 0 aromatic carbocycles. The molecule has 3 nitrogen and oxygen atoms in total. The van der Waals surface area contributed by atoms with E-state index in [0.717, 1.165) is 17.0 Å². The van der Waals surface area contributed by atoms with E-state index in [0.29, 0.717) is 0 Å². The number of nitrogens with zero attached hydrogens (tertiary/aromatic N) is 3. The van der Waals surface area contributed by atoms with Crippen LogP contribution in [0.1, 0.15) is 17.0 Å². The van der Waals surface area contributed by atoms with Gasteiger partial charge in [0, 0.05) is 17.5 Å². The Morgan fingerprint density at radius 2 is 2.00 bits per heavy atom. The summed E-state index contributed by atoms with van der Waals surface area (Å²) in [4.78, 5) is 4.40. The first-order valence-electron chi connectivity index (χ1n) is 3.97. The highest BCUT2D eigenvalue weighted by Gasteiger charge is 2.04. The summed E-state index contributed by atoms with van der Waals surface area (Å²) in [5.41, 5.74) is 4.21. The largest absolute Gasteiger partial charge is 0.234 e. The fourth-order valence-corrected chi connectivity index (χ4v) is 1.24. The number of hydrogen-bond donors (Lipinski definition) is 0. The van der Waals surface area contributed by atoms with Gasteiger partial charge in [-0.25, -0.2) is 9.50 Å². The van der Waals surface area contributed by atoms with Crippen molar-refractivity contribution in [1.29, 1.82) is 0 Å². The van der Waals surface area contributed by atoms with Crippen LogP contribution in [-0.4, -0.2) is 14.6 Å². The summed E-state index contributed by atoms with van der Waals surface area (Å²) < 4.78 is 1.82. The second-order valence-corrected chi connectivity index (χ2v) is 3.05. The van der Waals surface area contributed by atoms with Crippen molar-refractivity contribution >= 4 is 5.65 Å². The van der Waals surface area contributed by atoms with Crippen molar-refractivity contribution in [3.05, 3.63) is 29.2 Å². The fourth-order valence-electron chi connectivity index (χ4n) is 1.24. The number of rotatable bonds is 0. The topological polar surface area (TPSA) is 30.2 Å². The van der Waals surface area contributed by atoms with Crippen molar-refractivity contribution in [2.24, 2.45) is 0 Å². The van der Waals surface area contributed by atoms with E-state index in [9.17, 15) is 0 Å². The highest BCUT2D eigenvalue weighted by molar-refractivity contribution is 5.48. The maximum Gasteiger partial charge on any atom is 0.158 e. The fraction of sp³-hybridized carbons (Fsp3) is 0.333. The van der Waals surface area contributed by atoms with Gasteiger partial charge < -0.3 is 0 Å². The number of aromatic nitrogens is 3.